The van der Waals surface area contributed by atoms with Gasteiger partial charge in [0.15, 0.2) is 0 Å². The van der Waals surface area contributed by atoms with E-state index in [9.17, 15) is 4.79 Å². The Bertz CT molecular complexity index is 685. The summed E-state index contributed by atoms with van der Waals surface area (Å²) in [6, 6.07) is 9.44. The Hall–Kier alpha value is -2.40. The number of hydrogen-bond donors (Lipinski definition) is 1. The average molecular weight is 311 g/mol. The molecular weight excluding hydrogens is 290 g/mol. The number of methoxy groups -OCH3 is 1. The number of amides is 1. The molecule has 0 bridgehead atoms. The van der Waals surface area contributed by atoms with Crippen LogP contribution in [-0.2, 0) is 4.74 Å². The number of pyridine rings is 1. The van der Waals surface area contributed by atoms with E-state index in [1.54, 1.807) is 19.5 Å². The molecule has 2 aromatic rings. The maximum absolute atomic E-state index is 12.6. The zero-order valence-electron chi connectivity index (χ0n) is 13.2. The lowest BCUT2D eigenvalue weighted by atomic mass is 10.0. The van der Waals surface area contributed by atoms with Crippen molar-refractivity contribution in [3.8, 4) is 11.1 Å². The van der Waals surface area contributed by atoms with Crippen molar-refractivity contribution in [1.82, 2.24) is 9.88 Å². The number of carbonyl (C=O) groups is 1. The minimum Gasteiger partial charge on any atom is -0.397 e. The molecule has 1 aliphatic rings. The predicted octanol–water partition coefficient (Wildman–Crippen LogP) is 2.58. The highest BCUT2D eigenvalue weighted by molar-refractivity contribution is 5.95. The highest BCUT2D eigenvalue weighted by atomic mass is 16.5. The molecule has 120 valence electrons. The molecule has 2 heterocycles. The Labute approximate surface area is 136 Å². The van der Waals surface area contributed by atoms with Crippen LogP contribution in [0.25, 0.3) is 11.1 Å². The van der Waals surface area contributed by atoms with Crippen LogP contribution in [0.3, 0.4) is 0 Å². The standard InChI is InChI=1S/C18H21N3O2/c1-23-15-3-2-10-21(12-15)18(22)14-6-4-13(5-7-14)16-8-9-20-11-17(16)19/h4-9,11,15H,2-3,10,12,19H2,1H3/t15-/m1/s1. The molecule has 1 aromatic heterocycles. The van der Waals surface area contributed by atoms with Crippen LogP contribution in [0.2, 0.25) is 0 Å². The van der Waals surface area contributed by atoms with Crippen molar-refractivity contribution < 1.29 is 9.53 Å². The first kappa shape index (κ1) is 15.5. The first-order valence-corrected chi connectivity index (χ1v) is 7.81. The molecular formula is C18H21N3O2. The first-order valence-electron chi connectivity index (χ1n) is 7.81. The van der Waals surface area contributed by atoms with Crippen LogP contribution in [0, 0.1) is 0 Å². The molecule has 23 heavy (non-hydrogen) atoms. The number of anilines is 1. The summed E-state index contributed by atoms with van der Waals surface area (Å²) in [4.78, 5) is 18.5. The van der Waals surface area contributed by atoms with Gasteiger partial charge in [0, 0.05) is 37.5 Å². The number of hydrogen-bond acceptors (Lipinski definition) is 4. The Balaban J connectivity index is 1.77. The highest BCUT2D eigenvalue weighted by Gasteiger charge is 2.24. The Morgan fingerprint density at radius 1 is 1.30 bits per heavy atom. The SMILES string of the molecule is CO[C@@H]1CCCN(C(=O)c2ccc(-c3ccncc3N)cc2)C1. The van der Waals surface area contributed by atoms with E-state index in [2.05, 4.69) is 4.98 Å². The fraction of sp³-hybridized carbons (Fsp3) is 0.333. The quantitative estimate of drug-likeness (QED) is 0.946. The molecule has 1 aromatic carbocycles. The lowest BCUT2D eigenvalue weighted by Crippen LogP contribution is -2.42. The molecule has 1 aliphatic heterocycles. The van der Waals surface area contributed by atoms with Gasteiger partial charge in [0.25, 0.3) is 5.91 Å². The number of likely N-dealkylation sites (tertiary alicyclic amines) is 1. The van der Waals surface area contributed by atoms with Gasteiger partial charge in [0.05, 0.1) is 18.0 Å². The molecule has 0 radical (unpaired) electrons. The van der Waals surface area contributed by atoms with E-state index >= 15 is 0 Å². The number of nitrogen functional groups attached to an aromatic ring is 1. The van der Waals surface area contributed by atoms with Crippen LogP contribution in [0.5, 0.6) is 0 Å². The van der Waals surface area contributed by atoms with Crippen LogP contribution in [-0.4, -0.2) is 42.1 Å². The molecule has 5 heteroatoms. The van der Waals surface area contributed by atoms with Gasteiger partial charge in [-0.15, -0.1) is 0 Å². The zero-order chi connectivity index (χ0) is 16.2. The fourth-order valence-electron chi connectivity index (χ4n) is 2.96. The van der Waals surface area contributed by atoms with Gasteiger partial charge >= 0.3 is 0 Å². The summed E-state index contributed by atoms with van der Waals surface area (Å²) < 4.78 is 5.38. The number of aromatic nitrogens is 1. The summed E-state index contributed by atoms with van der Waals surface area (Å²) in [5, 5.41) is 0. The summed E-state index contributed by atoms with van der Waals surface area (Å²) in [6.45, 7) is 1.45. The maximum Gasteiger partial charge on any atom is 0.253 e. The van der Waals surface area contributed by atoms with Crippen LogP contribution < -0.4 is 5.73 Å². The molecule has 1 amide bonds. The molecule has 0 spiro atoms. The number of ether oxygens (including phenoxy) is 1. The Morgan fingerprint density at radius 2 is 2.09 bits per heavy atom. The number of benzene rings is 1. The third kappa shape index (κ3) is 3.35. The molecule has 1 fully saturated rings. The molecule has 0 aliphatic carbocycles. The summed E-state index contributed by atoms with van der Waals surface area (Å²) in [5.41, 5.74) is 9.18. The van der Waals surface area contributed by atoms with E-state index in [0.29, 0.717) is 17.8 Å². The third-order valence-corrected chi connectivity index (χ3v) is 4.29. The van der Waals surface area contributed by atoms with Crippen molar-refractivity contribution in [2.24, 2.45) is 0 Å². The van der Waals surface area contributed by atoms with Gasteiger partial charge in [-0.1, -0.05) is 12.1 Å². The van der Waals surface area contributed by atoms with E-state index in [0.717, 1.165) is 30.5 Å². The van der Waals surface area contributed by atoms with Crippen molar-refractivity contribution in [3.63, 3.8) is 0 Å². The van der Waals surface area contributed by atoms with E-state index in [-0.39, 0.29) is 12.0 Å². The molecule has 3 rings (SSSR count). The van der Waals surface area contributed by atoms with Gasteiger partial charge in [0.1, 0.15) is 0 Å². The highest BCUT2D eigenvalue weighted by Crippen LogP contribution is 2.25. The lowest BCUT2D eigenvalue weighted by molar-refractivity contribution is 0.0269. The van der Waals surface area contributed by atoms with Crippen LogP contribution in [0.4, 0.5) is 5.69 Å². The summed E-state index contributed by atoms with van der Waals surface area (Å²) in [7, 11) is 1.70. The Morgan fingerprint density at radius 3 is 2.78 bits per heavy atom. The summed E-state index contributed by atoms with van der Waals surface area (Å²) in [5.74, 6) is 0.0565. The minimum absolute atomic E-state index is 0.0565. The second kappa shape index (κ2) is 6.79. The number of piperidine rings is 1. The first-order chi connectivity index (χ1) is 11.2. The number of nitrogens with two attached hydrogens (primary N) is 1. The van der Waals surface area contributed by atoms with E-state index in [4.69, 9.17) is 10.5 Å². The van der Waals surface area contributed by atoms with Crippen molar-refractivity contribution in [1.29, 1.82) is 0 Å². The van der Waals surface area contributed by atoms with Crippen molar-refractivity contribution in [3.05, 3.63) is 48.3 Å². The van der Waals surface area contributed by atoms with E-state index < -0.39 is 0 Å². The second-order valence-electron chi connectivity index (χ2n) is 5.79. The van der Waals surface area contributed by atoms with Crippen molar-refractivity contribution in [2.45, 2.75) is 18.9 Å². The van der Waals surface area contributed by atoms with E-state index in [1.807, 2.05) is 35.2 Å². The topological polar surface area (TPSA) is 68.5 Å². The summed E-state index contributed by atoms with van der Waals surface area (Å²) >= 11 is 0. The van der Waals surface area contributed by atoms with Gasteiger partial charge in [-0.05, 0) is 36.6 Å². The van der Waals surface area contributed by atoms with Crippen LogP contribution >= 0.6 is 0 Å². The van der Waals surface area contributed by atoms with Crippen LogP contribution in [0.1, 0.15) is 23.2 Å². The molecule has 2 N–H and O–H groups in total. The lowest BCUT2D eigenvalue weighted by Gasteiger charge is -2.32. The minimum atomic E-state index is 0.0565. The normalized spacial score (nSPS) is 18.0. The van der Waals surface area contributed by atoms with Crippen LogP contribution in [0.15, 0.2) is 42.7 Å². The largest absolute Gasteiger partial charge is 0.397 e. The van der Waals surface area contributed by atoms with Gasteiger partial charge < -0.3 is 15.4 Å². The number of rotatable bonds is 3. The molecule has 1 atom stereocenters. The second-order valence-corrected chi connectivity index (χ2v) is 5.79. The van der Waals surface area contributed by atoms with Gasteiger partial charge in [-0.3, -0.25) is 9.78 Å². The smallest absolute Gasteiger partial charge is 0.253 e. The van der Waals surface area contributed by atoms with Crippen molar-refractivity contribution >= 4 is 11.6 Å². The van der Waals surface area contributed by atoms with Crippen molar-refractivity contribution in [2.75, 3.05) is 25.9 Å². The predicted molar refractivity (Wildman–Crippen MR) is 90.0 cm³/mol. The monoisotopic (exact) mass is 311 g/mol. The van der Waals surface area contributed by atoms with Gasteiger partial charge in [0.2, 0.25) is 0 Å². The number of carbonyl (C=O) groups excluding carboxylic acids is 1. The third-order valence-electron chi connectivity index (χ3n) is 4.29. The zero-order valence-corrected chi connectivity index (χ0v) is 13.2. The molecule has 1 saturated heterocycles. The molecule has 0 unspecified atom stereocenters. The Kier molecular flexibility index (Phi) is 4.57. The molecule has 0 saturated carbocycles. The fourth-order valence-corrected chi connectivity index (χ4v) is 2.96. The van der Waals surface area contributed by atoms with Gasteiger partial charge in [-0.2, -0.15) is 0 Å². The summed E-state index contributed by atoms with van der Waals surface area (Å²) in [6.07, 6.45) is 5.48. The van der Waals surface area contributed by atoms with E-state index in [1.165, 1.54) is 0 Å². The average Bonchev–Trinajstić information content (AvgIpc) is 2.62. The van der Waals surface area contributed by atoms with Gasteiger partial charge in [-0.25, -0.2) is 0 Å². The maximum atomic E-state index is 12.6. The molecule has 5 nitrogen and oxygen atoms in total. The number of nitrogens with zero attached hydrogens (tertiary/aromatic N) is 2.